The van der Waals surface area contributed by atoms with Crippen LogP contribution in [0.15, 0.2) is 60.9 Å². The van der Waals surface area contributed by atoms with E-state index in [1.807, 2.05) is 0 Å². The van der Waals surface area contributed by atoms with Crippen LogP contribution in [0.2, 0.25) is 20.4 Å². The van der Waals surface area contributed by atoms with Gasteiger partial charge in [-0.25, -0.2) is 18.7 Å². The fourth-order valence-electron chi connectivity index (χ4n) is 2.09. The number of hydrogen-bond donors (Lipinski definition) is 3. The van der Waals surface area contributed by atoms with Gasteiger partial charge in [0, 0.05) is 34.2 Å². The van der Waals surface area contributed by atoms with Crippen LogP contribution in [0, 0.1) is 15.2 Å². The summed E-state index contributed by atoms with van der Waals surface area (Å²) in [4.78, 5) is 7.54. The van der Waals surface area contributed by atoms with E-state index in [-0.39, 0.29) is 84.4 Å². The van der Waals surface area contributed by atoms with Crippen LogP contribution in [0.5, 0.6) is 17.2 Å². The standard InChI is InChI=1S/C11H7Cl2FN2O.C6H6FNO.C5H2Cl2IN.C4H9O.K/c12-10-9(3-4-16-11(10)13)17-6-1-2-8(15)7(14)5-6;7-5-3-4(9)1-2-6(5)8;6-4-3(8)1-2-9-5(4)7;1-4(2,3)5;/h1-5H,15H2;1-3,9H,8H2;1-2H;1-3H3;/q;;;-1;+1. The number of hydrogen-bond acceptors (Lipinski definition) is 7. The van der Waals surface area contributed by atoms with Gasteiger partial charge < -0.3 is 26.4 Å². The van der Waals surface area contributed by atoms with Gasteiger partial charge in [0.1, 0.15) is 33.3 Å². The van der Waals surface area contributed by atoms with Crippen molar-refractivity contribution < 1.29 is 75.1 Å². The van der Waals surface area contributed by atoms with Gasteiger partial charge in [0.2, 0.25) is 0 Å². The van der Waals surface area contributed by atoms with Crippen LogP contribution in [0.3, 0.4) is 0 Å². The number of anilines is 2. The van der Waals surface area contributed by atoms with E-state index in [1.54, 1.807) is 33.0 Å². The molecule has 0 radical (unpaired) electrons. The summed E-state index contributed by atoms with van der Waals surface area (Å²) in [7, 11) is 0. The quantitative estimate of drug-likeness (QED) is 0.0843. The summed E-state index contributed by atoms with van der Waals surface area (Å²) in [5.74, 6) is -0.674. The average Bonchev–Trinajstić information content (AvgIpc) is 2.85. The summed E-state index contributed by atoms with van der Waals surface area (Å²) in [6.45, 7) is 4.90. The van der Waals surface area contributed by atoms with Crippen molar-refractivity contribution in [1.82, 2.24) is 9.97 Å². The summed E-state index contributed by atoms with van der Waals surface area (Å²) in [5.41, 5.74) is 9.80. The SMILES string of the molecule is CC(C)(C)[O-].Clc1nccc(I)c1Cl.Nc1ccc(O)cc1F.Nc1ccc(Oc2ccnc(Cl)c2Cl)cc1F.[K+]. The minimum absolute atomic E-state index is 0. The normalized spacial score (nSPS) is 9.93. The number of phenols is 1. The van der Waals surface area contributed by atoms with Gasteiger partial charge in [-0.3, -0.25) is 0 Å². The smallest absolute Gasteiger partial charge is 0.850 e. The van der Waals surface area contributed by atoms with Crippen molar-refractivity contribution in [3.05, 3.63) is 96.5 Å². The summed E-state index contributed by atoms with van der Waals surface area (Å²) < 4.78 is 31.8. The number of pyridine rings is 2. The van der Waals surface area contributed by atoms with Crippen LogP contribution >= 0.6 is 69.0 Å². The van der Waals surface area contributed by atoms with Gasteiger partial charge in [0.15, 0.2) is 10.9 Å². The molecule has 0 bridgehead atoms. The first-order chi connectivity index (χ1) is 18.5. The Hall–Kier alpha value is -0.714. The average molecular weight is 786 g/mol. The Morgan fingerprint density at radius 3 is 1.73 bits per heavy atom. The van der Waals surface area contributed by atoms with Gasteiger partial charge in [-0.05, 0) is 52.9 Å². The molecule has 0 aliphatic heterocycles. The van der Waals surface area contributed by atoms with Gasteiger partial charge in [0.05, 0.1) is 16.4 Å². The number of ether oxygens (including phenoxy) is 1. The van der Waals surface area contributed by atoms with Crippen molar-refractivity contribution in [3.63, 3.8) is 0 Å². The van der Waals surface area contributed by atoms with E-state index in [1.165, 1.54) is 42.6 Å². The van der Waals surface area contributed by atoms with E-state index < -0.39 is 17.2 Å². The zero-order chi connectivity index (χ0) is 30.6. The molecule has 0 aliphatic rings. The molecule has 7 nitrogen and oxygen atoms in total. The Bertz CT molecular complexity index is 1390. The van der Waals surface area contributed by atoms with Crippen LogP contribution in [-0.2, 0) is 0 Å². The van der Waals surface area contributed by atoms with E-state index in [0.717, 1.165) is 9.64 Å². The number of halogens is 7. The molecule has 4 rings (SSSR count). The monoisotopic (exact) mass is 784 g/mol. The number of nitrogens with two attached hydrogens (primary N) is 2. The largest absolute Gasteiger partial charge is 1.00 e. The molecule has 0 atom stereocenters. The number of aromatic hydroxyl groups is 1. The molecule has 2 heterocycles. The topological polar surface area (TPSA) is 130 Å². The number of phenolic OH excluding ortho intramolecular Hbond substituents is 1. The third-order valence-corrected chi connectivity index (χ3v) is 6.53. The Morgan fingerprint density at radius 1 is 0.829 bits per heavy atom. The van der Waals surface area contributed by atoms with Crippen LogP contribution in [0.4, 0.5) is 20.2 Å². The van der Waals surface area contributed by atoms with E-state index in [4.69, 9.17) is 67.7 Å². The van der Waals surface area contributed by atoms with E-state index in [9.17, 15) is 13.9 Å². The van der Waals surface area contributed by atoms with Crippen LogP contribution < -0.4 is 72.7 Å². The van der Waals surface area contributed by atoms with Crippen LogP contribution in [0.25, 0.3) is 0 Å². The van der Waals surface area contributed by atoms with Crippen LogP contribution in [-0.4, -0.2) is 20.7 Å². The van der Waals surface area contributed by atoms with E-state index >= 15 is 0 Å². The molecule has 41 heavy (non-hydrogen) atoms. The predicted octanol–water partition coefficient (Wildman–Crippen LogP) is 5.16. The molecule has 5 N–H and O–H groups in total. The molecule has 0 saturated heterocycles. The molecular weight excluding hydrogens is 762 g/mol. The molecule has 0 spiro atoms. The number of aromatic nitrogens is 2. The Balaban J connectivity index is 0.000000569. The Morgan fingerprint density at radius 2 is 1.29 bits per heavy atom. The second kappa shape index (κ2) is 19.5. The first-order valence-electron chi connectivity index (χ1n) is 10.9. The minimum atomic E-state index is -0.750. The summed E-state index contributed by atoms with van der Waals surface area (Å²) in [6, 6.07) is 11.0. The zero-order valence-electron chi connectivity index (χ0n) is 22.2. The van der Waals surface area contributed by atoms with Crippen molar-refractivity contribution in [3.8, 4) is 17.2 Å². The third kappa shape index (κ3) is 16.6. The van der Waals surface area contributed by atoms with E-state index in [0.29, 0.717) is 15.9 Å². The molecule has 0 fully saturated rings. The molecule has 15 heteroatoms. The number of benzene rings is 2. The molecule has 216 valence electrons. The first-order valence-corrected chi connectivity index (χ1v) is 13.5. The maximum atomic E-state index is 13.2. The molecule has 2 aromatic heterocycles. The molecule has 0 aliphatic carbocycles. The molecule has 2 aromatic carbocycles. The molecule has 0 saturated carbocycles. The summed E-state index contributed by atoms with van der Waals surface area (Å²) in [5, 5.41) is 19.9. The number of nitrogen functional groups attached to an aromatic ring is 2. The Labute approximate surface area is 313 Å². The van der Waals surface area contributed by atoms with Gasteiger partial charge >= 0.3 is 51.4 Å². The van der Waals surface area contributed by atoms with Crippen molar-refractivity contribution >= 4 is 80.4 Å². The minimum Gasteiger partial charge on any atom is -0.850 e. The maximum Gasteiger partial charge on any atom is 1.00 e. The van der Waals surface area contributed by atoms with E-state index in [2.05, 4.69) is 32.6 Å². The maximum absolute atomic E-state index is 13.2. The Kier molecular flexibility index (Phi) is 19.2. The van der Waals surface area contributed by atoms with Gasteiger partial charge in [-0.1, -0.05) is 67.2 Å². The van der Waals surface area contributed by atoms with Crippen molar-refractivity contribution in [2.24, 2.45) is 0 Å². The summed E-state index contributed by atoms with van der Waals surface area (Å²) in [6.07, 6.45) is 3.06. The number of rotatable bonds is 2. The van der Waals surface area contributed by atoms with Crippen molar-refractivity contribution in [2.45, 2.75) is 26.4 Å². The molecule has 4 aromatic rings. The fraction of sp³-hybridized carbons (Fsp3) is 0.154. The molecular formula is C26H24Cl4F2IKN4O3. The van der Waals surface area contributed by atoms with Crippen molar-refractivity contribution in [2.75, 3.05) is 11.5 Å². The van der Waals surface area contributed by atoms with Gasteiger partial charge in [-0.15, -0.1) is 5.60 Å². The van der Waals surface area contributed by atoms with Gasteiger partial charge in [0.25, 0.3) is 0 Å². The first kappa shape index (κ1) is 40.3. The third-order valence-electron chi connectivity index (χ3n) is 3.79. The second-order valence-electron chi connectivity index (χ2n) is 8.42. The van der Waals surface area contributed by atoms with Crippen LogP contribution in [0.1, 0.15) is 20.8 Å². The predicted molar refractivity (Wildman–Crippen MR) is 164 cm³/mol. The van der Waals surface area contributed by atoms with Gasteiger partial charge in [-0.2, -0.15) is 0 Å². The molecule has 0 amide bonds. The zero-order valence-corrected chi connectivity index (χ0v) is 30.5. The fourth-order valence-corrected chi connectivity index (χ4v) is 3.24. The van der Waals surface area contributed by atoms with Crippen molar-refractivity contribution in [1.29, 1.82) is 0 Å². The molecule has 0 unspecified atom stereocenters. The number of nitrogens with zero attached hydrogens (tertiary/aromatic N) is 2. The summed E-state index contributed by atoms with van der Waals surface area (Å²) >= 11 is 24.9. The second-order valence-corrected chi connectivity index (χ2v) is 11.0.